The Morgan fingerprint density at radius 1 is 1.21 bits per heavy atom. The molecule has 0 saturated carbocycles. The second-order valence-corrected chi connectivity index (χ2v) is 4.14. The molecule has 0 aromatic heterocycles. The minimum absolute atomic E-state index is 0.156. The molecule has 106 valence electrons. The molecule has 1 aliphatic heterocycles. The molecule has 0 atom stereocenters. The van der Waals surface area contributed by atoms with E-state index in [4.69, 9.17) is 21.1 Å². The standard InChI is InChI=1S/C12H16ClNO5/c1-3-18-10(16)7-14-8(5-6-9(14)15)11(13)12(17)19-4-2/h3-7H2,1-2H3/b11-8-. The summed E-state index contributed by atoms with van der Waals surface area (Å²) >= 11 is 5.90. The van der Waals surface area contributed by atoms with Crippen LogP contribution in [-0.2, 0) is 23.9 Å². The van der Waals surface area contributed by atoms with Gasteiger partial charge >= 0.3 is 11.9 Å². The molecule has 1 rings (SSSR count). The summed E-state index contributed by atoms with van der Waals surface area (Å²) in [4.78, 5) is 35.8. The lowest BCUT2D eigenvalue weighted by Gasteiger charge is -2.17. The number of nitrogens with zero attached hydrogens (tertiary/aromatic N) is 1. The maximum absolute atomic E-state index is 11.7. The van der Waals surface area contributed by atoms with Crippen LogP contribution >= 0.6 is 11.6 Å². The summed E-state index contributed by atoms with van der Waals surface area (Å²) in [5.41, 5.74) is 0.318. The van der Waals surface area contributed by atoms with E-state index >= 15 is 0 Å². The van der Waals surface area contributed by atoms with Crippen molar-refractivity contribution in [3.63, 3.8) is 0 Å². The number of hydrogen-bond acceptors (Lipinski definition) is 5. The molecule has 19 heavy (non-hydrogen) atoms. The monoisotopic (exact) mass is 289 g/mol. The quantitative estimate of drug-likeness (QED) is 0.561. The Kier molecular flexibility index (Phi) is 5.82. The zero-order chi connectivity index (χ0) is 14.4. The van der Waals surface area contributed by atoms with E-state index in [9.17, 15) is 14.4 Å². The highest BCUT2D eigenvalue weighted by atomic mass is 35.5. The molecular formula is C12H16ClNO5. The van der Waals surface area contributed by atoms with E-state index in [0.717, 1.165) is 0 Å². The van der Waals surface area contributed by atoms with Crippen LogP contribution in [0, 0.1) is 0 Å². The van der Waals surface area contributed by atoms with E-state index in [1.54, 1.807) is 13.8 Å². The van der Waals surface area contributed by atoms with Gasteiger partial charge in [0.25, 0.3) is 0 Å². The van der Waals surface area contributed by atoms with Crippen LogP contribution in [0.1, 0.15) is 26.7 Å². The van der Waals surface area contributed by atoms with Gasteiger partial charge in [-0.1, -0.05) is 11.6 Å². The molecule has 0 bridgehead atoms. The van der Waals surface area contributed by atoms with E-state index in [1.807, 2.05) is 0 Å². The minimum atomic E-state index is -0.692. The maximum Gasteiger partial charge on any atom is 0.351 e. The van der Waals surface area contributed by atoms with Crippen molar-refractivity contribution in [1.29, 1.82) is 0 Å². The Labute approximate surface area is 116 Å². The normalized spacial score (nSPS) is 17.4. The second kappa shape index (κ2) is 7.13. The lowest BCUT2D eigenvalue weighted by Crippen LogP contribution is -2.31. The van der Waals surface area contributed by atoms with Gasteiger partial charge in [-0.15, -0.1) is 0 Å². The highest BCUT2D eigenvalue weighted by molar-refractivity contribution is 6.41. The van der Waals surface area contributed by atoms with Gasteiger partial charge < -0.3 is 14.4 Å². The van der Waals surface area contributed by atoms with Crippen molar-refractivity contribution in [2.45, 2.75) is 26.7 Å². The van der Waals surface area contributed by atoms with Crippen LogP contribution < -0.4 is 0 Å². The average molecular weight is 290 g/mol. The fourth-order valence-corrected chi connectivity index (χ4v) is 1.96. The summed E-state index contributed by atoms with van der Waals surface area (Å²) in [5, 5.41) is -0.156. The van der Waals surface area contributed by atoms with E-state index in [-0.39, 0.29) is 37.1 Å². The molecule has 7 heteroatoms. The van der Waals surface area contributed by atoms with Crippen molar-refractivity contribution >= 4 is 29.4 Å². The topological polar surface area (TPSA) is 72.9 Å². The first-order valence-corrected chi connectivity index (χ1v) is 6.40. The lowest BCUT2D eigenvalue weighted by atomic mass is 10.3. The van der Waals surface area contributed by atoms with E-state index in [1.165, 1.54) is 4.90 Å². The third-order valence-electron chi connectivity index (χ3n) is 2.50. The van der Waals surface area contributed by atoms with E-state index in [2.05, 4.69) is 0 Å². The van der Waals surface area contributed by atoms with Crippen molar-refractivity contribution < 1.29 is 23.9 Å². The summed E-state index contributed by atoms with van der Waals surface area (Å²) in [6, 6.07) is 0. The van der Waals surface area contributed by atoms with Gasteiger partial charge in [0.1, 0.15) is 11.6 Å². The summed E-state index contributed by atoms with van der Waals surface area (Å²) in [7, 11) is 0. The van der Waals surface area contributed by atoms with Crippen molar-refractivity contribution in [2.75, 3.05) is 19.8 Å². The largest absolute Gasteiger partial charge is 0.465 e. The van der Waals surface area contributed by atoms with Crippen molar-refractivity contribution in [2.24, 2.45) is 0 Å². The molecule has 0 N–H and O–H groups in total. The van der Waals surface area contributed by atoms with Gasteiger partial charge in [0.05, 0.1) is 13.2 Å². The molecule has 0 spiro atoms. The molecule has 1 amide bonds. The number of esters is 2. The summed E-state index contributed by atoms with van der Waals surface area (Å²) < 4.78 is 9.54. The molecule has 1 heterocycles. The van der Waals surface area contributed by atoms with Crippen LogP contribution in [0.25, 0.3) is 0 Å². The van der Waals surface area contributed by atoms with Gasteiger partial charge in [-0.25, -0.2) is 4.79 Å². The third-order valence-corrected chi connectivity index (χ3v) is 2.88. The predicted octanol–water partition coefficient (Wildman–Crippen LogP) is 1.19. The van der Waals surface area contributed by atoms with Crippen LogP contribution in [-0.4, -0.2) is 42.5 Å². The predicted molar refractivity (Wildman–Crippen MR) is 67.1 cm³/mol. The van der Waals surface area contributed by atoms with Crippen LogP contribution in [0.3, 0.4) is 0 Å². The number of hydrogen-bond donors (Lipinski definition) is 0. The molecule has 1 saturated heterocycles. The van der Waals surface area contributed by atoms with Gasteiger partial charge in [0.15, 0.2) is 0 Å². The van der Waals surface area contributed by atoms with Gasteiger partial charge in [-0.3, -0.25) is 9.59 Å². The van der Waals surface area contributed by atoms with Gasteiger partial charge in [0.2, 0.25) is 5.91 Å². The molecule has 0 aromatic rings. The first-order chi connectivity index (χ1) is 9.01. The number of likely N-dealkylation sites (tertiary alicyclic amines) is 1. The number of ether oxygens (including phenoxy) is 2. The SMILES string of the molecule is CCOC(=O)CN1C(=O)CC/C1=C(/Cl)C(=O)OCC. The summed E-state index contributed by atoms with van der Waals surface area (Å²) in [5.74, 6) is -1.49. The first-order valence-electron chi connectivity index (χ1n) is 6.03. The molecular weight excluding hydrogens is 274 g/mol. The molecule has 6 nitrogen and oxygen atoms in total. The van der Waals surface area contributed by atoms with Crippen LogP contribution in [0.4, 0.5) is 0 Å². The maximum atomic E-state index is 11.7. The third kappa shape index (κ3) is 3.96. The van der Waals surface area contributed by atoms with Crippen LogP contribution in [0.5, 0.6) is 0 Å². The van der Waals surface area contributed by atoms with Crippen molar-refractivity contribution in [3.8, 4) is 0 Å². The molecule has 0 radical (unpaired) electrons. The van der Waals surface area contributed by atoms with E-state index < -0.39 is 11.9 Å². The summed E-state index contributed by atoms with van der Waals surface area (Å²) in [6.45, 7) is 3.51. The van der Waals surface area contributed by atoms with Crippen LogP contribution in [0.15, 0.2) is 10.7 Å². The zero-order valence-corrected chi connectivity index (χ0v) is 11.7. The molecule has 0 aliphatic carbocycles. The number of carbonyl (C=O) groups is 3. The van der Waals surface area contributed by atoms with Crippen molar-refractivity contribution in [1.82, 2.24) is 4.90 Å². The average Bonchev–Trinajstić information content (AvgIpc) is 2.71. The van der Waals surface area contributed by atoms with E-state index in [0.29, 0.717) is 12.1 Å². The zero-order valence-electron chi connectivity index (χ0n) is 10.9. The number of carbonyl (C=O) groups excluding carboxylic acids is 3. The Morgan fingerprint density at radius 2 is 1.84 bits per heavy atom. The highest BCUT2D eigenvalue weighted by Gasteiger charge is 2.32. The molecule has 0 aromatic carbocycles. The fourth-order valence-electron chi connectivity index (χ4n) is 1.71. The van der Waals surface area contributed by atoms with Gasteiger partial charge in [-0.05, 0) is 20.3 Å². The summed E-state index contributed by atoms with van der Waals surface area (Å²) in [6.07, 6.45) is 0.528. The smallest absolute Gasteiger partial charge is 0.351 e. The number of allylic oxidation sites excluding steroid dienone is 1. The number of amides is 1. The van der Waals surface area contributed by atoms with Gasteiger partial charge in [-0.2, -0.15) is 0 Å². The van der Waals surface area contributed by atoms with Crippen LogP contribution in [0.2, 0.25) is 0 Å². The highest BCUT2D eigenvalue weighted by Crippen LogP contribution is 2.27. The molecule has 0 unspecified atom stereocenters. The Balaban J connectivity index is 2.87. The molecule has 1 aliphatic rings. The Bertz CT molecular complexity index is 418. The fraction of sp³-hybridized carbons (Fsp3) is 0.583. The Hall–Kier alpha value is -1.56. The van der Waals surface area contributed by atoms with Gasteiger partial charge in [0, 0.05) is 12.1 Å². The number of rotatable bonds is 5. The second-order valence-electron chi connectivity index (χ2n) is 3.77. The number of halogens is 1. The Morgan fingerprint density at radius 3 is 2.42 bits per heavy atom. The lowest BCUT2D eigenvalue weighted by molar-refractivity contribution is -0.147. The first kappa shape index (κ1) is 15.5. The molecule has 1 fully saturated rings. The minimum Gasteiger partial charge on any atom is -0.465 e. The van der Waals surface area contributed by atoms with Crippen molar-refractivity contribution in [3.05, 3.63) is 10.7 Å².